The number of anilines is 4. The Morgan fingerprint density at radius 1 is 1.03 bits per heavy atom. The molecule has 0 saturated heterocycles. The molecule has 0 aliphatic heterocycles. The number of H-pyrrole nitrogens is 1. The van der Waals surface area contributed by atoms with Crippen LogP contribution in [0.4, 0.5) is 23.5 Å². The molecule has 0 spiro atoms. The van der Waals surface area contributed by atoms with E-state index in [4.69, 9.17) is 5.73 Å². The Bertz CT molecular complexity index is 1360. The van der Waals surface area contributed by atoms with Crippen molar-refractivity contribution in [2.45, 2.75) is 0 Å². The molecular weight excluding hydrogens is 422 g/mol. The number of nitrogen functional groups attached to an aromatic ring is 1. The van der Waals surface area contributed by atoms with E-state index in [1.54, 1.807) is 11.3 Å². The maximum atomic E-state index is 5.92. The van der Waals surface area contributed by atoms with Gasteiger partial charge in [0.15, 0.2) is 0 Å². The Morgan fingerprint density at radius 3 is 2.72 bits per heavy atom. The Labute approximate surface area is 188 Å². The molecule has 32 heavy (non-hydrogen) atoms. The Balaban J connectivity index is 1.48. The van der Waals surface area contributed by atoms with Crippen molar-refractivity contribution < 1.29 is 0 Å². The van der Waals surface area contributed by atoms with E-state index in [1.165, 1.54) is 10.1 Å². The second-order valence-electron chi connectivity index (χ2n) is 7.70. The smallest absolute Gasteiger partial charge is 0.233 e. The molecule has 9 nitrogen and oxygen atoms in total. The van der Waals surface area contributed by atoms with Crippen molar-refractivity contribution in [3.63, 3.8) is 0 Å². The quantitative estimate of drug-likeness (QED) is 0.297. The van der Waals surface area contributed by atoms with Crippen LogP contribution >= 0.6 is 11.3 Å². The van der Waals surface area contributed by atoms with Crippen molar-refractivity contribution in [2.75, 3.05) is 43.6 Å². The highest BCUT2D eigenvalue weighted by Gasteiger charge is 2.13. The number of benzene rings is 2. The largest absolute Gasteiger partial charge is 0.368 e. The number of hydrogen-bond donors (Lipinski definition) is 4. The molecule has 3 aromatic heterocycles. The third kappa shape index (κ3) is 4.18. The summed E-state index contributed by atoms with van der Waals surface area (Å²) in [5.74, 6) is 0.981. The van der Waals surface area contributed by atoms with Gasteiger partial charge < -0.3 is 21.3 Å². The fraction of sp³-hybridized carbons (Fsp3) is 0.182. The number of nitrogens with one attached hydrogen (secondary N) is 3. The van der Waals surface area contributed by atoms with Crippen LogP contribution in [0.5, 0.6) is 0 Å². The lowest BCUT2D eigenvalue weighted by Crippen LogP contribution is -2.22. The van der Waals surface area contributed by atoms with Crippen molar-refractivity contribution in [3.8, 4) is 10.4 Å². The van der Waals surface area contributed by atoms with Crippen LogP contribution in [-0.4, -0.2) is 57.2 Å². The fourth-order valence-electron chi connectivity index (χ4n) is 3.49. The maximum Gasteiger partial charge on any atom is 0.233 e. The minimum atomic E-state index is 0.156. The molecule has 10 heteroatoms. The number of aromatic nitrogens is 5. The third-order valence-electron chi connectivity index (χ3n) is 4.99. The van der Waals surface area contributed by atoms with E-state index < -0.39 is 0 Å². The molecule has 0 fully saturated rings. The van der Waals surface area contributed by atoms with Crippen LogP contribution in [0.1, 0.15) is 0 Å². The molecule has 5 N–H and O–H groups in total. The summed E-state index contributed by atoms with van der Waals surface area (Å²) in [5, 5.41) is 16.0. The van der Waals surface area contributed by atoms with Gasteiger partial charge in [-0.05, 0) is 43.7 Å². The molecule has 0 unspecified atom stereocenters. The zero-order valence-corrected chi connectivity index (χ0v) is 18.6. The molecule has 0 aliphatic carbocycles. The number of thiophene rings is 1. The lowest BCUT2D eigenvalue weighted by molar-refractivity contribution is 0.425. The van der Waals surface area contributed by atoms with Crippen LogP contribution in [0.15, 0.2) is 48.7 Å². The highest BCUT2D eigenvalue weighted by Crippen LogP contribution is 2.38. The van der Waals surface area contributed by atoms with Crippen molar-refractivity contribution >= 4 is 55.9 Å². The van der Waals surface area contributed by atoms with Gasteiger partial charge in [-0.25, -0.2) is 0 Å². The van der Waals surface area contributed by atoms with Crippen LogP contribution in [0.25, 0.3) is 31.4 Å². The first-order valence-corrected chi connectivity index (χ1v) is 11.0. The number of fused-ring (bicyclic) bond motifs is 2. The van der Waals surface area contributed by atoms with Gasteiger partial charge in [-0.15, -0.1) is 11.3 Å². The van der Waals surface area contributed by atoms with Gasteiger partial charge in [0.1, 0.15) is 0 Å². The first-order chi connectivity index (χ1) is 15.5. The summed E-state index contributed by atoms with van der Waals surface area (Å²) < 4.78 is 1.24. The highest BCUT2D eigenvalue weighted by atomic mass is 32.1. The van der Waals surface area contributed by atoms with Gasteiger partial charge in [-0.2, -0.15) is 20.1 Å². The lowest BCUT2D eigenvalue weighted by Gasteiger charge is -2.12. The third-order valence-corrected chi connectivity index (χ3v) is 6.14. The summed E-state index contributed by atoms with van der Waals surface area (Å²) in [5.41, 5.74) is 8.81. The van der Waals surface area contributed by atoms with Crippen molar-refractivity contribution in [3.05, 3.63) is 48.7 Å². The van der Waals surface area contributed by atoms with E-state index in [2.05, 4.69) is 77.1 Å². The lowest BCUT2D eigenvalue weighted by atomic mass is 10.1. The molecule has 5 rings (SSSR count). The summed E-state index contributed by atoms with van der Waals surface area (Å²) in [6.07, 6.45) is 1.81. The molecule has 0 aliphatic rings. The van der Waals surface area contributed by atoms with Crippen molar-refractivity contribution in [1.82, 2.24) is 30.0 Å². The second kappa shape index (κ2) is 8.40. The van der Waals surface area contributed by atoms with E-state index in [1.807, 2.05) is 26.4 Å². The number of rotatable bonds is 7. The van der Waals surface area contributed by atoms with Gasteiger partial charge in [0, 0.05) is 39.3 Å². The summed E-state index contributed by atoms with van der Waals surface area (Å²) in [4.78, 5) is 16.1. The zero-order chi connectivity index (χ0) is 22.1. The first-order valence-electron chi connectivity index (χ1n) is 10.2. The van der Waals surface area contributed by atoms with Gasteiger partial charge in [0.25, 0.3) is 0 Å². The SMILES string of the molecule is CN(C)CCNc1nc(N)nc(Nc2cc(-c3cc4ccccc4s3)c3[nH]ncc3c2)n1. The minimum absolute atomic E-state index is 0.156. The first kappa shape index (κ1) is 20.2. The normalized spacial score (nSPS) is 11.5. The number of nitrogens with two attached hydrogens (primary N) is 1. The minimum Gasteiger partial charge on any atom is -0.368 e. The standard InChI is InChI=1S/C22H23N9S/c1-31(2)8-7-24-21-27-20(23)28-22(29-21)26-15-9-14-12-25-30-19(14)16(11-15)18-10-13-5-3-4-6-17(13)32-18/h3-6,9-12H,7-8H2,1-2H3,(H,25,30)(H4,23,24,26,27,28,29). The summed E-state index contributed by atoms with van der Waals surface area (Å²) in [7, 11) is 4.02. The molecule has 162 valence electrons. The molecule has 0 amide bonds. The maximum absolute atomic E-state index is 5.92. The zero-order valence-electron chi connectivity index (χ0n) is 17.8. The van der Waals surface area contributed by atoms with Gasteiger partial charge in [0.2, 0.25) is 17.8 Å². The van der Waals surface area contributed by atoms with Crippen molar-refractivity contribution in [2.24, 2.45) is 0 Å². The van der Waals surface area contributed by atoms with Gasteiger partial charge in [-0.1, -0.05) is 18.2 Å². The molecule has 2 aromatic carbocycles. The van der Waals surface area contributed by atoms with E-state index in [0.29, 0.717) is 18.4 Å². The molecule has 0 bridgehead atoms. The average Bonchev–Trinajstić information content (AvgIpc) is 3.39. The topological polar surface area (TPSA) is 121 Å². The number of hydrogen-bond acceptors (Lipinski definition) is 9. The molecule has 0 saturated carbocycles. The van der Waals surface area contributed by atoms with Crippen LogP contribution in [-0.2, 0) is 0 Å². The average molecular weight is 446 g/mol. The van der Waals surface area contributed by atoms with E-state index >= 15 is 0 Å². The molecule has 0 radical (unpaired) electrons. The predicted octanol–water partition coefficient (Wildman–Crippen LogP) is 3.93. The molecule has 0 atom stereocenters. The van der Waals surface area contributed by atoms with E-state index in [0.717, 1.165) is 33.6 Å². The highest BCUT2D eigenvalue weighted by molar-refractivity contribution is 7.22. The fourth-order valence-corrected chi connectivity index (χ4v) is 4.57. The number of nitrogens with zero attached hydrogens (tertiary/aromatic N) is 5. The van der Waals surface area contributed by atoms with Crippen LogP contribution in [0.3, 0.4) is 0 Å². The van der Waals surface area contributed by atoms with Crippen LogP contribution in [0, 0.1) is 0 Å². The Morgan fingerprint density at radius 2 is 1.88 bits per heavy atom. The summed E-state index contributed by atoms with van der Waals surface area (Å²) >= 11 is 1.75. The molecule has 3 heterocycles. The van der Waals surface area contributed by atoms with Crippen molar-refractivity contribution in [1.29, 1.82) is 0 Å². The number of aromatic amines is 1. The van der Waals surface area contributed by atoms with Gasteiger partial charge in [-0.3, -0.25) is 5.10 Å². The monoisotopic (exact) mass is 445 g/mol. The van der Waals surface area contributed by atoms with Crippen LogP contribution in [0.2, 0.25) is 0 Å². The van der Waals surface area contributed by atoms with Crippen LogP contribution < -0.4 is 16.4 Å². The Kier molecular flexibility index (Phi) is 5.29. The molecular formula is C22H23N9S. The summed E-state index contributed by atoms with van der Waals surface area (Å²) in [6.45, 7) is 1.55. The number of likely N-dealkylation sites (N-methyl/N-ethyl adjacent to an activating group) is 1. The summed E-state index contributed by atoms with van der Waals surface area (Å²) in [6, 6.07) is 14.7. The molecule has 5 aromatic rings. The van der Waals surface area contributed by atoms with E-state index in [9.17, 15) is 0 Å². The second-order valence-corrected chi connectivity index (χ2v) is 8.79. The Hall–Kier alpha value is -3.76. The van der Waals surface area contributed by atoms with Gasteiger partial charge >= 0.3 is 0 Å². The predicted molar refractivity (Wildman–Crippen MR) is 131 cm³/mol. The van der Waals surface area contributed by atoms with Gasteiger partial charge in [0.05, 0.1) is 11.7 Å². The van der Waals surface area contributed by atoms with E-state index in [-0.39, 0.29) is 5.95 Å².